The van der Waals surface area contributed by atoms with Crippen molar-refractivity contribution in [3.8, 4) is 11.5 Å². The molecule has 18 heavy (non-hydrogen) atoms. The molecule has 0 aliphatic heterocycles. The zero-order chi connectivity index (χ0) is 12.7. The van der Waals surface area contributed by atoms with Gasteiger partial charge in [0.2, 0.25) is 29.0 Å². The Morgan fingerprint density at radius 1 is 0.944 bits per heavy atom. The van der Waals surface area contributed by atoms with Gasteiger partial charge in [-0.3, -0.25) is 0 Å². The molecular weight excluding hydrogens is 305 g/mol. The van der Waals surface area contributed by atoms with Crippen LogP contribution in [0.4, 0.5) is 17.6 Å². The molecule has 0 aliphatic rings. The predicted octanol–water partition coefficient (Wildman–Crippen LogP) is -5.84. The molecule has 0 radical (unpaired) electrons. The van der Waals surface area contributed by atoms with E-state index in [1.807, 2.05) is 0 Å². The van der Waals surface area contributed by atoms with Crippen molar-refractivity contribution < 1.29 is 101 Å². The second kappa shape index (κ2) is 7.47. The van der Waals surface area contributed by atoms with E-state index in [4.69, 9.17) is 5.11 Å². The van der Waals surface area contributed by atoms with Crippen molar-refractivity contribution in [2.24, 2.45) is 0 Å². The van der Waals surface area contributed by atoms with Crippen molar-refractivity contribution in [1.29, 1.82) is 0 Å². The first kappa shape index (κ1) is 21.0. The number of phosphoric ester groups is 1. The van der Waals surface area contributed by atoms with Gasteiger partial charge in [0.25, 0.3) is 0 Å². The topological polar surface area (TPSA) is 92.7 Å². The summed E-state index contributed by atoms with van der Waals surface area (Å²) in [5, 5.41) is 8.48. The van der Waals surface area contributed by atoms with Crippen molar-refractivity contribution >= 4 is 7.82 Å². The summed E-state index contributed by atoms with van der Waals surface area (Å²) in [5.41, 5.74) is 0. The zero-order valence-electron chi connectivity index (χ0n) is 9.04. The first-order valence-corrected chi connectivity index (χ1v) is 4.87. The van der Waals surface area contributed by atoms with Crippen molar-refractivity contribution in [2.75, 3.05) is 0 Å². The quantitative estimate of drug-likeness (QED) is 0.254. The minimum Gasteiger partial charge on any atom is -0.780 e. The number of hydrogen-bond acceptors (Lipinski definition) is 5. The Morgan fingerprint density at radius 2 is 1.28 bits per heavy atom. The van der Waals surface area contributed by atoms with Gasteiger partial charge in [-0.1, -0.05) is 0 Å². The molecule has 5 nitrogen and oxygen atoms in total. The van der Waals surface area contributed by atoms with Gasteiger partial charge < -0.3 is 24.0 Å². The van der Waals surface area contributed by atoms with Gasteiger partial charge in [0.05, 0.1) is 0 Å². The van der Waals surface area contributed by atoms with Crippen LogP contribution in [0.15, 0.2) is 0 Å². The molecule has 0 aliphatic carbocycles. The van der Waals surface area contributed by atoms with Gasteiger partial charge >= 0.3 is 59.1 Å². The summed E-state index contributed by atoms with van der Waals surface area (Å²) in [6, 6.07) is 0. The summed E-state index contributed by atoms with van der Waals surface area (Å²) in [4.78, 5) is 20.0. The molecule has 0 spiro atoms. The second-order valence-electron chi connectivity index (χ2n) is 2.47. The van der Waals surface area contributed by atoms with Crippen LogP contribution in [0.2, 0.25) is 0 Å². The van der Waals surface area contributed by atoms with Crippen LogP contribution in [-0.2, 0) is 4.57 Å². The molecule has 1 aromatic rings. The Kier molecular flexibility index (Phi) is 8.71. The summed E-state index contributed by atoms with van der Waals surface area (Å²) >= 11 is 0. The van der Waals surface area contributed by atoms with E-state index in [2.05, 4.69) is 4.52 Å². The van der Waals surface area contributed by atoms with Crippen molar-refractivity contribution in [1.82, 2.24) is 0 Å². The summed E-state index contributed by atoms with van der Waals surface area (Å²) < 4.78 is 63.9. The van der Waals surface area contributed by atoms with Crippen molar-refractivity contribution in [3.63, 3.8) is 0 Å². The molecular formula is C6HF4Na2O5P. The molecule has 0 saturated heterocycles. The fourth-order valence-corrected chi connectivity index (χ4v) is 1.18. The van der Waals surface area contributed by atoms with E-state index in [0.717, 1.165) is 0 Å². The van der Waals surface area contributed by atoms with Gasteiger partial charge in [-0.2, -0.15) is 17.6 Å². The molecule has 0 saturated carbocycles. The monoisotopic (exact) mass is 306 g/mol. The van der Waals surface area contributed by atoms with Crippen LogP contribution in [0.3, 0.4) is 0 Å². The van der Waals surface area contributed by atoms with E-state index in [1.165, 1.54) is 0 Å². The number of benzene rings is 1. The Bertz CT molecular complexity index is 464. The molecule has 1 N–H and O–H groups in total. The van der Waals surface area contributed by atoms with Crippen LogP contribution >= 0.6 is 7.82 Å². The van der Waals surface area contributed by atoms with Crippen LogP contribution in [-0.4, -0.2) is 5.11 Å². The van der Waals surface area contributed by atoms with E-state index in [-0.39, 0.29) is 59.1 Å². The second-order valence-corrected chi connectivity index (χ2v) is 3.55. The summed E-state index contributed by atoms with van der Waals surface area (Å²) in [5.74, 6) is -13.3. The first-order chi connectivity index (χ1) is 7.15. The number of phenols is 1. The standard InChI is InChI=1S/C6H3F4O5P.2Na/c7-1-3(9)6(15-16(12,13)14)4(10)2(8)5(1)11;;/h11H,(H2,12,13,14);;/q;2*+1/p-2. The van der Waals surface area contributed by atoms with Gasteiger partial charge in [-0.15, -0.1) is 0 Å². The largest absolute Gasteiger partial charge is 1.00 e. The van der Waals surface area contributed by atoms with Crippen LogP contribution < -0.4 is 73.4 Å². The minimum atomic E-state index is -5.89. The molecule has 0 fully saturated rings. The Balaban J connectivity index is 0. The van der Waals surface area contributed by atoms with Gasteiger partial charge in [-0.25, -0.2) is 0 Å². The number of rotatable bonds is 2. The third kappa shape index (κ3) is 4.66. The number of hydrogen-bond donors (Lipinski definition) is 1. The average Bonchev–Trinajstić information content (AvgIpc) is 2.17. The molecule has 0 bridgehead atoms. The third-order valence-electron chi connectivity index (χ3n) is 1.40. The van der Waals surface area contributed by atoms with E-state index >= 15 is 0 Å². The number of aromatic hydroxyl groups is 1. The van der Waals surface area contributed by atoms with Gasteiger partial charge in [-0.05, 0) is 0 Å². The molecule has 0 unspecified atom stereocenters. The Labute approximate surface area is 142 Å². The van der Waals surface area contributed by atoms with Crippen LogP contribution in [0.1, 0.15) is 0 Å². The van der Waals surface area contributed by atoms with E-state index in [1.54, 1.807) is 0 Å². The van der Waals surface area contributed by atoms with Gasteiger partial charge in [0.1, 0.15) is 7.82 Å². The normalized spacial score (nSPS) is 10.3. The molecule has 0 heterocycles. The smallest absolute Gasteiger partial charge is 0.780 e. The number of phenolic OH excluding ortho intramolecular Hbond substituents is 1. The molecule has 1 aromatic carbocycles. The van der Waals surface area contributed by atoms with Crippen molar-refractivity contribution in [3.05, 3.63) is 23.3 Å². The number of phosphoric acid groups is 1. The number of halogens is 4. The molecule has 90 valence electrons. The van der Waals surface area contributed by atoms with Crippen LogP contribution in [0, 0.1) is 23.3 Å². The fraction of sp³-hybridized carbons (Fsp3) is 0. The predicted molar refractivity (Wildman–Crippen MR) is 36.2 cm³/mol. The third-order valence-corrected chi connectivity index (χ3v) is 1.81. The van der Waals surface area contributed by atoms with Gasteiger partial charge in [0.15, 0.2) is 5.75 Å². The van der Waals surface area contributed by atoms with E-state index < -0.39 is 42.6 Å². The molecule has 0 atom stereocenters. The minimum absolute atomic E-state index is 0. The average molecular weight is 306 g/mol. The molecule has 0 amide bonds. The maximum atomic E-state index is 12.8. The maximum absolute atomic E-state index is 12.8. The van der Waals surface area contributed by atoms with Crippen molar-refractivity contribution in [2.45, 2.75) is 0 Å². The summed E-state index contributed by atoms with van der Waals surface area (Å²) in [7, 11) is -5.89. The summed E-state index contributed by atoms with van der Waals surface area (Å²) in [6.45, 7) is 0. The van der Waals surface area contributed by atoms with E-state index in [9.17, 15) is 31.9 Å². The SMILES string of the molecule is O=P([O-])([O-])Oc1c(F)c(F)c(O)c(F)c1F.[Na+].[Na+]. The van der Waals surface area contributed by atoms with E-state index in [0.29, 0.717) is 0 Å². The zero-order valence-corrected chi connectivity index (χ0v) is 13.9. The van der Waals surface area contributed by atoms with Crippen LogP contribution in [0.5, 0.6) is 11.5 Å². The molecule has 12 heteroatoms. The first-order valence-electron chi connectivity index (χ1n) is 3.41. The molecule has 1 rings (SSSR count). The van der Waals surface area contributed by atoms with Crippen LogP contribution in [0.25, 0.3) is 0 Å². The molecule has 0 aromatic heterocycles. The fourth-order valence-electron chi connectivity index (χ4n) is 0.792. The maximum Gasteiger partial charge on any atom is 1.00 e. The Morgan fingerprint density at radius 3 is 1.56 bits per heavy atom. The summed E-state index contributed by atoms with van der Waals surface area (Å²) in [6.07, 6.45) is 0. The Hall–Kier alpha value is 0.690. The van der Waals surface area contributed by atoms with Gasteiger partial charge in [0, 0.05) is 0 Å².